The predicted molar refractivity (Wildman–Crippen MR) is 98.3 cm³/mol. The van der Waals surface area contributed by atoms with Crippen LogP contribution >= 0.6 is 0 Å². The molecular formula is C21H29NO. The van der Waals surface area contributed by atoms with Gasteiger partial charge >= 0.3 is 0 Å². The Kier molecular flexibility index (Phi) is 8.74. The van der Waals surface area contributed by atoms with E-state index in [1.807, 2.05) is 57.2 Å². The molecule has 23 heavy (non-hydrogen) atoms. The Morgan fingerprint density at radius 3 is 1.74 bits per heavy atom. The highest BCUT2D eigenvalue weighted by molar-refractivity contribution is 5.79. The lowest BCUT2D eigenvalue weighted by Crippen LogP contribution is -2.33. The van der Waals surface area contributed by atoms with Gasteiger partial charge in [0.05, 0.1) is 6.04 Å². The maximum absolute atomic E-state index is 12.4. The average molecular weight is 311 g/mol. The second kappa shape index (κ2) is 10.6. The summed E-state index contributed by atoms with van der Waals surface area (Å²) in [4.78, 5) is 12.4. The summed E-state index contributed by atoms with van der Waals surface area (Å²) in [5.74, 6) is 0.166. The van der Waals surface area contributed by atoms with E-state index in [2.05, 4.69) is 36.5 Å². The third kappa shape index (κ3) is 5.90. The molecule has 0 fully saturated rings. The van der Waals surface area contributed by atoms with E-state index in [-0.39, 0.29) is 17.9 Å². The lowest BCUT2D eigenvalue weighted by Gasteiger charge is -2.22. The van der Waals surface area contributed by atoms with Crippen molar-refractivity contribution in [3.63, 3.8) is 0 Å². The van der Waals surface area contributed by atoms with Crippen molar-refractivity contribution in [3.05, 3.63) is 71.8 Å². The molecule has 0 aliphatic carbocycles. The van der Waals surface area contributed by atoms with Gasteiger partial charge in [0.2, 0.25) is 5.91 Å². The molecule has 2 nitrogen and oxygen atoms in total. The normalized spacial score (nSPS) is 11.3. The average Bonchev–Trinajstić information content (AvgIpc) is 2.63. The largest absolute Gasteiger partial charge is 0.345 e. The molecule has 2 aromatic carbocycles. The smallest absolute Gasteiger partial charge is 0.223 e. The molecular weight excluding hydrogens is 282 g/mol. The van der Waals surface area contributed by atoms with Crippen LogP contribution in [0.15, 0.2) is 60.7 Å². The number of nitrogens with one attached hydrogen (secondary N) is 1. The van der Waals surface area contributed by atoms with Crippen LogP contribution in [0.2, 0.25) is 0 Å². The van der Waals surface area contributed by atoms with E-state index >= 15 is 0 Å². The predicted octanol–water partition coefficient (Wildman–Crippen LogP) is 5.35. The van der Waals surface area contributed by atoms with E-state index in [0.29, 0.717) is 0 Å². The summed E-state index contributed by atoms with van der Waals surface area (Å²) in [7, 11) is 0. The molecule has 2 heteroatoms. The quantitative estimate of drug-likeness (QED) is 0.765. The van der Waals surface area contributed by atoms with Crippen LogP contribution in [0.4, 0.5) is 0 Å². The van der Waals surface area contributed by atoms with Gasteiger partial charge in [0.1, 0.15) is 0 Å². The van der Waals surface area contributed by atoms with Crippen molar-refractivity contribution >= 4 is 5.91 Å². The van der Waals surface area contributed by atoms with Crippen molar-refractivity contribution in [2.24, 2.45) is 5.92 Å². The van der Waals surface area contributed by atoms with Crippen molar-refractivity contribution in [1.29, 1.82) is 0 Å². The lowest BCUT2D eigenvalue weighted by molar-refractivity contribution is -0.125. The van der Waals surface area contributed by atoms with Crippen molar-refractivity contribution < 1.29 is 4.79 Å². The Labute approximate surface area is 140 Å². The summed E-state index contributed by atoms with van der Waals surface area (Å²) in [5.41, 5.74) is 2.22. The number of amides is 1. The van der Waals surface area contributed by atoms with E-state index in [9.17, 15) is 4.79 Å². The van der Waals surface area contributed by atoms with Gasteiger partial charge in [-0.1, -0.05) is 94.8 Å². The van der Waals surface area contributed by atoms with Gasteiger partial charge in [0.25, 0.3) is 0 Å². The minimum Gasteiger partial charge on any atom is -0.345 e. The maximum atomic E-state index is 12.4. The molecule has 1 N–H and O–H groups in total. The first-order valence-electron chi connectivity index (χ1n) is 8.62. The molecule has 0 heterocycles. The Morgan fingerprint density at radius 2 is 1.35 bits per heavy atom. The van der Waals surface area contributed by atoms with E-state index in [4.69, 9.17) is 0 Å². The fraction of sp³-hybridized carbons (Fsp3) is 0.381. The lowest BCUT2D eigenvalue weighted by atomic mass is 9.97. The highest BCUT2D eigenvalue weighted by Crippen LogP contribution is 2.22. The molecule has 0 saturated carbocycles. The fourth-order valence-corrected chi connectivity index (χ4v) is 2.50. The molecule has 0 radical (unpaired) electrons. The Balaban J connectivity index is 0.00000127. The summed E-state index contributed by atoms with van der Waals surface area (Å²) in [6.07, 6.45) is 1.94. The maximum Gasteiger partial charge on any atom is 0.223 e. The second-order valence-electron chi connectivity index (χ2n) is 5.45. The van der Waals surface area contributed by atoms with Gasteiger partial charge in [-0.3, -0.25) is 4.79 Å². The molecule has 0 aromatic heterocycles. The van der Waals surface area contributed by atoms with Gasteiger partial charge in [0, 0.05) is 5.92 Å². The standard InChI is InChI=1S/C19H23NO.C2H6/c1-3-10-15(2)19(21)20-18(16-11-6-4-7-12-16)17-13-8-5-9-14-17;1-2/h4-9,11-15,18H,3,10H2,1-2H3,(H,20,21);1-2H3. The van der Waals surface area contributed by atoms with E-state index in [1.165, 1.54) is 0 Å². The zero-order valence-corrected chi connectivity index (χ0v) is 14.8. The third-order valence-electron chi connectivity index (χ3n) is 3.72. The molecule has 2 aromatic rings. The Bertz CT molecular complexity index is 511. The van der Waals surface area contributed by atoms with E-state index in [0.717, 1.165) is 24.0 Å². The van der Waals surface area contributed by atoms with Crippen LogP contribution in [0.25, 0.3) is 0 Å². The molecule has 124 valence electrons. The molecule has 1 unspecified atom stereocenters. The van der Waals surface area contributed by atoms with Crippen LogP contribution < -0.4 is 5.32 Å². The highest BCUT2D eigenvalue weighted by Gasteiger charge is 2.19. The first-order valence-corrected chi connectivity index (χ1v) is 8.62. The number of hydrogen-bond donors (Lipinski definition) is 1. The zero-order valence-electron chi connectivity index (χ0n) is 14.8. The minimum atomic E-state index is -0.0841. The molecule has 0 spiro atoms. The summed E-state index contributed by atoms with van der Waals surface area (Å²) < 4.78 is 0. The van der Waals surface area contributed by atoms with Crippen LogP contribution in [0, 0.1) is 5.92 Å². The molecule has 0 aliphatic rings. The van der Waals surface area contributed by atoms with Crippen LogP contribution in [-0.4, -0.2) is 5.91 Å². The third-order valence-corrected chi connectivity index (χ3v) is 3.72. The Morgan fingerprint density at radius 1 is 0.913 bits per heavy atom. The Hall–Kier alpha value is -2.09. The molecule has 0 aliphatic heterocycles. The van der Waals surface area contributed by atoms with Gasteiger partial charge < -0.3 is 5.32 Å². The zero-order chi connectivity index (χ0) is 17.1. The number of carbonyl (C=O) groups excluding carboxylic acids is 1. The first-order chi connectivity index (χ1) is 11.2. The minimum absolute atomic E-state index is 0.0462. The number of rotatable bonds is 6. The molecule has 1 amide bonds. The SMILES string of the molecule is CC.CCCC(C)C(=O)NC(c1ccccc1)c1ccccc1. The van der Waals surface area contributed by atoms with Gasteiger partial charge in [0.15, 0.2) is 0 Å². The van der Waals surface area contributed by atoms with Crippen molar-refractivity contribution in [1.82, 2.24) is 5.32 Å². The number of carbonyl (C=O) groups is 1. The summed E-state index contributed by atoms with van der Waals surface area (Å²) in [5, 5.41) is 3.20. The monoisotopic (exact) mass is 311 g/mol. The van der Waals surface area contributed by atoms with Crippen LogP contribution in [0.1, 0.15) is 57.7 Å². The molecule has 0 bridgehead atoms. The molecule has 1 atom stereocenters. The van der Waals surface area contributed by atoms with Crippen LogP contribution in [0.3, 0.4) is 0 Å². The summed E-state index contributed by atoms with van der Waals surface area (Å²) in [6.45, 7) is 8.10. The second-order valence-corrected chi connectivity index (χ2v) is 5.45. The molecule has 2 rings (SSSR count). The summed E-state index contributed by atoms with van der Waals surface area (Å²) >= 11 is 0. The van der Waals surface area contributed by atoms with Crippen LogP contribution in [-0.2, 0) is 4.79 Å². The van der Waals surface area contributed by atoms with E-state index in [1.54, 1.807) is 0 Å². The summed E-state index contributed by atoms with van der Waals surface area (Å²) in [6, 6.07) is 20.2. The van der Waals surface area contributed by atoms with Gasteiger partial charge in [-0.15, -0.1) is 0 Å². The van der Waals surface area contributed by atoms with Gasteiger partial charge in [-0.05, 0) is 17.5 Å². The van der Waals surface area contributed by atoms with Crippen molar-refractivity contribution in [2.75, 3.05) is 0 Å². The first kappa shape index (κ1) is 19.0. The molecule has 0 saturated heterocycles. The van der Waals surface area contributed by atoms with Crippen molar-refractivity contribution in [2.45, 2.75) is 46.6 Å². The van der Waals surface area contributed by atoms with Crippen molar-refractivity contribution in [3.8, 4) is 0 Å². The topological polar surface area (TPSA) is 29.1 Å². The fourth-order valence-electron chi connectivity index (χ4n) is 2.50. The van der Waals surface area contributed by atoms with Gasteiger partial charge in [-0.2, -0.15) is 0 Å². The number of hydrogen-bond acceptors (Lipinski definition) is 1. The van der Waals surface area contributed by atoms with E-state index < -0.39 is 0 Å². The number of benzene rings is 2. The van der Waals surface area contributed by atoms with Crippen LogP contribution in [0.5, 0.6) is 0 Å². The highest BCUT2D eigenvalue weighted by atomic mass is 16.1. The van der Waals surface area contributed by atoms with Gasteiger partial charge in [-0.25, -0.2) is 0 Å².